The number of likely N-dealkylation sites (N-methyl/N-ethyl adjacent to an activating group) is 1. The van der Waals surface area contributed by atoms with E-state index in [-0.39, 0.29) is 0 Å². The lowest BCUT2D eigenvalue weighted by atomic mass is 9.89. The van der Waals surface area contributed by atoms with E-state index in [4.69, 9.17) is 5.73 Å². The van der Waals surface area contributed by atoms with Gasteiger partial charge in [0.15, 0.2) is 0 Å². The van der Waals surface area contributed by atoms with Gasteiger partial charge < -0.3 is 10.6 Å². The van der Waals surface area contributed by atoms with Crippen molar-refractivity contribution in [2.75, 3.05) is 20.1 Å². The summed E-state index contributed by atoms with van der Waals surface area (Å²) in [5, 5.41) is 0. The van der Waals surface area contributed by atoms with Gasteiger partial charge in [0, 0.05) is 25.6 Å². The largest absolute Gasteiger partial charge is 0.330 e. The van der Waals surface area contributed by atoms with Crippen LogP contribution in [0.4, 0.5) is 0 Å². The van der Waals surface area contributed by atoms with Gasteiger partial charge in [-0.15, -0.1) is 0 Å². The predicted molar refractivity (Wildman–Crippen MR) is 59.3 cm³/mol. The van der Waals surface area contributed by atoms with Gasteiger partial charge in [0.25, 0.3) is 0 Å². The fourth-order valence-corrected chi connectivity index (χ4v) is 2.30. The molecule has 76 valence electrons. The minimum Gasteiger partial charge on any atom is -0.330 e. The molecule has 0 aliphatic carbocycles. The molecule has 1 unspecified atom stereocenters. The van der Waals surface area contributed by atoms with Crippen molar-refractivity contribution >= 4 is 0 Å². The van der Waals surface area contributed by atoms with Crippen LogP contribution in [0.1, 0.15) is 22.6 Å². The summed E-state index contributed by atoms with van der Waals surface area (Å²) in [6.07, 6.45) is 0. The van der Waals surface area contributed by atoms with Crippen molar-refractivity contribution in [1.82, 2.24) is 4.90 Å². The molecule has 0 bridgehead atoms. The van der Waals surface area contributed by atoms with Gasteiger partial charge in [-0.05, 0) is 25.1 Å². The number of fused-ring (bicyclic) bond motifs is 1. The highest BCUT2D eigenvalue weighted by molar-refractivity contribution is 5.36. The van der Waals surface area contributed by atoms with E-state index in [0.717, 1.165) is 19.6 Å². The molecule has 0 aromatic heterocycles. The fraction of sp³-hybridized carbons (Fsp3) is 0.500. The van der Waals surface area contributed by atoms with E-state index in [2.05, 4.69) is 37.1 Å². The molecule has 14 heavy (non-hydrogen) atoms. The van der Waals surface area contributed by atoms with Gasteiger partial charge in [0.05, 0.1) is 0 Å². The average molecular weight is 190 g/mol. The minimum absolute atomic E-state index is 0.518. The van der Waals surface area contributed by atoms with E-state index in [9.17, 15) is 0 Å². The van der Waals surface area contributed by atoms with E-state index >= 15 is 0 Å². The number of hydrogen-bond donors (Lipinski definition) is 1. The van der Waals surface area contributed by atoms with Crippen LogP contribution in [0.15, 0.2) is 18.2 Å². The summed E-state index contributed by atoms with van der Waals surface area (Å²) in [5.41, 5.74) is 10.0. The maximum absolute atomic E-state index is 5.79. The SMILES string of the molecule is Cc1ccc2c(c1)CN(C)CC2CN. The number of nitrogens with zero attached hydrogens (tertiary/aromatic N) is 1. The molecular weight excluding hydrogens is 172 g/mol. The maximum atomic E-state index is 5.79. The smallest absolute Gasteiger partial charge is 0.0233 e. The van der Waals surface area contributed by atoms with Crippen LogP contribution in [0.3, 0.4) is 0 Å². The Bertz CT molecular complexity index is 333. The molecule has 0 amide bonds. The van der Waals surface area contributed by atoms with E-state index in [0.29, 0.717) is 5.92 Å². The van der Waals surface area contributed by atoms with Gasteiger partial charge in [0.1, 0.15) is 0 Å². The number of aryl methyl sites for hydroxylation is 1. The Hall–Kier alpha value is -0.860. The number of benzene rings is 1. The van der Waals surface area contributed by atoms with Crippen molar-refractivity contribution in [2.45, 2.75) is 19.4 Å². The maximum Gasteiger partial charge on any atom is 0.0233 e. The van der Waals surface area contributed by atoms with E-state index < -0.39 is 0 Å². The highest BCUT2D eigenvalue weighted by atomic mass is 15.1. The first kappa shape index (κ1) is 9.69. The first-order chi connectivity index (χ1) is 6.70. The van der Waals surface area contributed by atoms with E-state index in [1.54, 1.807) is 0 Å². The Morgan fingerprint density at radius 1 is 1.50 bits per heavy atom. The molecular formula is C12H18N2. The summed E-state index contributed by atoms with van der Waals surface area (Å²) in [6, 6.07) is 6.72. The molecule has 0 saturated carbocycles. The van der Waals surface area contributed by atoms with Crippen LogP contribution < -0.4 is 5.73 Å². The van der Waals surface area contributed by atoms with Crippen LogP contribution in [0.25, 0.3) is 0 Å². The lowest BCUT2D eigenvalue weighted by Gasteiger charge is -2.31. The molecule has 1 atom stereocenters. The third-order valence-corrected chi connectivity index (χ3v) is 3.00. The highest BCUT2D eigenvalue weighted by Gasteiger charge is 2.21. The zero-order valence-electron chi connectivity index (χ0n) is 8.96. The third kappa shape index (κ3) is 1.68. The summed E-state index contributed by atoms with van der Waals surface area (Å²) in [5.74, 6) is 0.518. The van der Waals surface area contributed by atoms with E-state index in [1.165, 1.54) is 16.7 Å². The Morgan fingerprint density at radius 2 is 2.29 bits per heavy atom. The number of rotatable bonds is 1. The fourth-order valence-electron chi connectivity index (χ4n) is 2.30. The number of nitrogens with two attached hydrogens (primary N) is 1. The van der Waals surface area contributed by atoms with E-state index in [1.807, 2.05) is 0 Å². The molecule has 1 heterocycles. The molecule has 2 heteroatoms. The second kappa shape index (κ2) is 3.71. The lowest BCUT2D eigenvalue weighted by molar-refractivity contribution is 0.283. The Morgan fingerprint density at radius 3 is 3.00 bits per heavy atom. The molecule has 0 fully saturated rings. The molecule has 1 aromatic carbocycles. The number of hydrogen-bond acceptors (Lipinski definition) is 2. The van der Waals surface area contributed by atoms with Crippen molar-refractivity contribution in [3.05, 3.63) is 34.9 Å². The molecule has 1 aliphatic heterocycles. The first-order valence-corrected chi connectivity index (χ1v) is 5.18. The summed E-state index contributed by atoms with van der Waals surface area (Å²) >= 11 is 0. The Kier molecular flexibility index (Phi) is 2.57. The van der Waals surface area contributed by atoms with Crippen molar-refractivity contribution in [2.24, 2.45) is 5.73 Å². The molecule has 2 nitrogen and oxygen atoms in total. The van der Waals surface area contributed by atoms with Crippen LogP contribution in [0, 0.1) is 6.92 Å². The zero-order valence-corrected chi connectivity index (χ0v) is 8.96. The molecule has 1 aromatic rings. The summed E-state index contributed by atoms with van der Waals surface area (Å²) in [6.45, 7) is 5.05. The highest BCUT2D eigenvalue weighted by Crippen LogP contribution is 2.27. The van der Waals surface area contributed by atoms with Gasteiger partial charge in [-0.25, -0.2) is 0 Å². The van der Waals surface area contributed by atoms with Crippen LogP contribution in [-0.4, -0.2) is 25.0 Å². The normalized spacial score (nSPS) is 22.1. The van der Waals surface area contributed by atoms with Crippen LogP contribution in [-0.2, 0) is 6.54 Å². The van der Waals surface area contributed by atoms with Gasteiger partial charge >= 0.3 is 0 Å². The first-order valence-electron chi connectivity index (χ1n) is 5.18. The molecule has 0 radical (unpaired) electrons. The standard InChI is InChI=1S/C12H18N2/c1-9-3-4-12-10(5-9)7-14(2)8-11(12)6-13/h3-5,11H,6-8,13H2,1-2H3. The van der Waals surface area contributed by atoms with Crippen LogP contribution in [0.2, 0.25) is 0 Å². The van der Waals surface area contributed by atoms with Gasteiger partial charge in [-0.2, -0.15) is 0 Å². The van der Waals surface area contributed by atoms with Gasteiger partial charge in [-0.1, -0.05) is 23.8 Å². The molecule has 1 aliphatic rings. The van der Waals surface area contributed by atoms with Crippen molar-refractivity contribution < 1.29 is 0 Å². The summed E-state index contributed by atoms with van der Waals surface area (Å²) in [7, 11) is 2.16. The van der Waals surface area contributed by atoms with Crippen molar-refractivity contribution in [3.8, 4) is 0 Å². The summed E-state index contributed by atoms with van der Waals surface area (Å²) in [4.78, 5) is 2.35. The third-order valence-electron chi connectivity index (χ3n) is 3.00. The van der Waals surface area contributed by atoms with Crippen LogP contribution >= 0.6 is 0 Å². The second-order valence-corrected chi connectivity index (χ2v) is 4.33. The van der Waals surface area contributed by atoms with Crippen molar-refractivity contribution in [3.63, 3.8) is 0 Å². The monoisotopic (exact) mass is 190 g/mol. The Balaban J connectivity index is 2.40. The lowest BCUT2D eigenvalue weighted by Crippen LogP contribution is -2.33. The minimum atomic E-state index is 0.518. The van der Waals surface area contributed by atoms with Crippen LogP contribution in [0.5, 0.6) is 0 Å². The molecule has 0 spiro atoms. The topological polar surface area (TPSA) is 29.3 Å². The quantitative estimate of drug-likeness (QED) is 0.727. The summed E-state index contributed by atoms with van der Waals surface area (Å²) < 4.78 is 0. The van der Waals surface area contributed by atoms with Gasteiger partial charge in [0.2, 0.25) is 0 Å². The van der Waals surface area contributed by atoms with Gasteiger partial charge in [-0.3, -0.25) is 0 Å². The zero-order chi connectivity index (χ0) is 10.1. The Labute approximate surface area is 85.7 Å². The molecule has 2 N–H and O–H groups in total. The second-order valence-electron chi connectivity index (χ2n) is 4.33. The predicted octanol–water partition coefficient (Wildman–Crippen LogP) is 1.48. The van der Waals surface area contributed by atoms with Crippen molar-refractivity contribution in [1.29, 1.82) is 0 Å². The molecule has 2 rings (SSSR count). The average Bonchev–Trinajstić information content (AvgIpc) is 2.15. The molecule has 0 saturated heterocycles.